The minimum Gasteiger partial charge on any atom is -0.494 e. The fourth-order valence-corrected chi connectivity index (χ4v) is 5.99. The molecule has 174 valence electrons. The third-order valence-corrected chi connectivity index (χ3v) is 8.29. The smallest absolute Gasteiger partial charge is 0.286 e. The Kier molecular flexibility index (Phi) is 7.01. The van der Waals surface area contributed by atoms with Crippen LogP contribution in [0.4, 0.5) is 10.1 Å². The summed E-state index contributed by atoms with van der Waals surface area (Å²) >= 11 is 1.17. The number of amides is 1. The summed E-state index contributed by atoms with van der Waals surface area (Å²) in [5.74, 6) is -0.258. The van der Waals surface area contributed by atoms with Crippen LogP contribution >= 0.6 is 11.3 Å². The highest BCUT2D eigenvalue weighted by Gasteiger charge is 2.31. The van der Waals surface area contributed by atoms with E-state index >= 15 is 0 Å². The molecule has 2 heterocycles. The van der Waals surface area contributed by atoms with Gasteiger partial charge in [-0.25, -0.2) is 12.8 Å². The first-order chi connectivity index (χ1) is 15.9. The second-order valence-electron chi connectivity index (χ2n) is 7.49. The van der Waals surface area contributed by atoms with Crippen molar-refractivity contribution in [2.45, 2.75) is 30.6 Å². The molecule has 0 unspecified atom stereocenters. The average molecular weight is 491 g/mol. The number of benzene rings is 2. The van der Waals surface area contributed by atoms with Crippen molar-refractivity contribution in [2.24, 2.45) is 0 Å². The Hall–Kier alpha value is -2.89. The molecule has 2 aromatic carbocycles. The zero-order valence-corrected chi connectivity index (χ0v) is 19.5. The molecule has 1 aliphatic rings. The van der Waals surface area contributed by atoms with Crippen LogP contribution in [0.25, 0.3) is 0 Å². The number of rotatable bonds is 7. The molecule has 11 heteroatoms. The number of piperidine rings is 1. The van der Waals surface area contributed by atoms with E-state index < -0.39 is 21.7 Å². The SMILES string of the molecule is CCOc1ccc(S(=O)(=O)N2CCC(c3nnc(C(=O)Nc4cccc(F)c4)s3)CC2)cc1. The summed E-state index contributed by atoms with van der Waals surface area (Å²) in [6.45, 7) is 3.08. The largest absolute Gasteiger partial charge is 0.494 e. The lowest BCUT2D eigenvalue weighted by Crippen LogP contribution is -2.37. The molecule has 33 heavy (non-hydrogen) atoms. The average Bonchev–Trinajstić information content (AvgIpc) is 3.30. The Morgan fingerprint density at radius 3 is 2.58 bits per heavy atom. The van der Waals surface area contributed by atoms with Gasteiger partial charge in [-0.1, -0.05) is 17.4 Å². The lowest BCUT2D eigenvalue weighted by Gasteiger charge is -2.30. The summed E-state index contributed by atoms with van der Waals surface area (Å²) in [6, 6.07) is 12.0. The standard InChI is InChI=1S/C22H23FN4O4S2/c1-2-31-18-6-8-19(9-7-18)33(29,30)27-12-10-15(11-13-27)21-25-26-22(32-21)20(28)24-17-5-3-4-16(23)14-17/h3-9,14-15H,2,10-13H2,1H3,(H,24,28). The highest BCUT2D eigenvalue weighted by Crippen LogP contribution is 2.32. The van der Waals surface area contributed by atoms with Gasteiger partial charge in [-0.2, -0.15) is 4.31 Å². The minimum absolute atomic E-state index is 0.0185. The molecule has 4 rings (SSSR count). The number of carbonyl (C=O) groups is 1. The van der Waals surface area contributed by atoms with Crippen molar-refractivity contribution in [3.05, 3.63) is 64.4 Å². The number of sulfonamides is 1. The second-order valence-corrected chi connectivity index (χ2v) is 10.4. The molecule has 1 aromatic heterocycles. The van der Waals surface area contributed by atoms with Crippen molar-refractivity contribution in [3.8, 4) is 5.75 Å². The molecule has 1 saturated heterocycles. The van der Waals surface area contributed by atoms with Crippen molar-refractivity contribution in [1.29, 1.82) is 0 Å². The lowest BCUT2D eigenvalue weighted by molar-refractivity contribution is 0.102. The zero-order chi connectivity index (χ0) is 23.4. The number of ether oxygens (including phenoxy) is 1. The molecular formula is C22H23FN4O4S2. The van der Waals surface area contributed by atoms with Crippen LogP contribution in [-0.4, -0.2) is 48.5 Å². The monoisotopic (exact) mass is 490 g/mol. The lowest BCUT2D eigenvalue weighted by atomic mass is 9.99. The highest BCUT2D eigenvalue weighted by molar-refractivity contribution is 7.89. The van der Waals surface area contributed by atoms with Crippen LogP contribution in [-0.2, 0) is 10.0 Å². The summed E-state index contributed by atoms with van der Waals surface area (Å²) in [5, 5.41) is 11.6. The van der Waals surface area contributed by atoms with Crippen LogP contribution in [0.5, 0.6) is 5.75 Å². The number of hydrogen-bond donors (Lipinski definition) is 1. The van der Waals surface area contributed by atoms with Crippen LogP contribution < -0.4 is 10.1 Å². The first kappa shape index (κ1) is 23.3. The van der Waals surface area contributed by atoms with E-state index in [2.05, 4.69) is 15.5 Å². The summed E-state index contributed by atoms with van der Waals surface area (Å²) in [7, 11) is -3.60. The molecule has 0 aliphatic carbocycles. The summed E-state index contributed by atoms with van der Waals surface area (Å²) in [5.41, 5.74) is 0.338. The van der Waals surface area contributed by atoms with E-state index in [-0.39, 0.29) is 15.8 Å². The molecule has 0 atom stereocenters. The number of carbonyl (C=O) groups excluding carboxylic acids is 1. The Morgan fingerprint density at radius 1 is 1.18 bits per heavy atom. The molecule has 1 fully saturated rings. The van der Waals surface area contributed by atoms with E-state index in [1.165, 1.54) is 33.8 Å². The Morgan fingerprint density at radius 2 is 1.91 bits per heavy atom. The molecule has 1 aliphatic heterocycles. The Labute approximate surface area is 195 Å². The molecule has 0 bridgehead atoms. The van der Waals surface area contributed by atoms with Gasteiger partial charge in [-0.15, -0.1) is 10.2 Å². The first-order valence-corrected chi connectivity index (χ1v) is 12.8. The van der Waals surface area contributed by atoms with Gasteiger partial charge in [0, 0.05) is 24.7 Å². The number of nitrogens with zero attached hydrogens (tertiary/aromatic N) is 3. The topological polar surface area (TPSA) is 101 Å². The van der Waals surface area contributed by atoms with Gasteiger partial charge in [0.25, 0.3) is 5.91 Å². The van der Waals surface area contributed by atoms with E-state index in [1.54, 1.807) is 30.3 Å². The summed E-state index contributed by atoms with van der Waals surface area (Å²) < 4.78 is 46.1. The van der Waals surface area contributed by atoms with Crippen molar-refractivity contribution >= 4 is 33.0 Å². The Bertz CT molecular complexity index is 1220. The number of nitrogens with one attached hydrogen (secondary N) is 1. The quantitative estimate of drug-likeness (QED) is 0.539. The predicted molar refractivity (Wildman–Crippen MR) is 123 cm³/mol. The van der Waals surface area contributed by atoms with Gasteiger partial charge in [0.15, 0.2) is 0 Å². The van der Waals surface area contributed by atoms with Crippen molar-refractivity contribution in [3.63, 3.8) is 0 Å². The van der Waals surface area contributed by atoms with Crippen LogP contribution in [0.3, 0.4) is 0 Å². The predicted octanol–water partition coefficient (Wildman–Crippen LogP) is 3.90. The van der Waals surface area contributed by atoms with Gasteiger partial charge in [-0.3, -0.25) is 4.79 Å². The molecule has 1 amide bonds. The van der Waals surface area contributed by atoms with Gasteiger partial charge < -0.3 is 10.1 Å². The molecule has 3 aromatic rings. The molecule has 0 saturated carbocycles. The van der Waals surface area contributed by atoms with Crippen LogP contribution in [0, 0.1) is 5.82 Å². The van der Waals surface area contributed by atoms with Crippen LogP contribution in [0.15, 0.2) is 53.4 Å². The van der Waals surface area contributed by atoms with Gasteiger partial charge in [0.1, 0.15) is 16.6 Å². The van der Waals surface area contributed by atoms with Crippen LogP contribution in [0.2, 0.25) is 0 Å². The number of aromatic nitrogens is 2. The third-order valence-electron chi connectivity index (χ3n) is 5.29. The van der Waals surface area contributed by atoms with E-state index in [9.17, 15) is 17.6 Å². The number of hydrogen-bond acceptors (Lipinski definition) is 7. The maximum absolute atomic E-state index is 13.3. The zero-order valence-electron chi connectivity index (χ0n) is 17.9. The normalized spacial score (nSPS) is 15.3. The maximum Gasteiger partial charge on any atom is 0.286 e. The number of anilines is 1. The highest BCUT2D eigenvalue weighted by atomic mass is 32.2. The van der Waals surface area contributed by atoms with Crippen molar-refractivity contribution in [1.82, 2.24) is 14.5 Å². The van der Waals surface area contributed by atoms with Gasteiger partial charge in [0.05, 0.1) is 11.5 Å². The fraction of sp³-hybridized carbons (Fsp3) is 0.318. The fourth-order valence-electron chi connectivity index (χ4n) is 3.61. The molecule has 1 N–H and O–H groups in total. The second kappa shape index (κ2) is 9.94. The molecule has 0 spiro atoms. The molecular weight excluding hydrogens is 467 g/mol. The van der Waals surface area contributed by atoms with E-state index in [0.29, 0.717) is 49.0 Å². The summed E-state index contributed by atoms with van der Waals surface area (Å²) in [6.07, 6.45) is 1.16. The van der Waals surface area contributed by atoms with Crippen LogP contribution in [0.1, 0.15) is 40.5 Å². The van der Waals surface area contributed by atoms with Crippen molar-refractivity contribution in [2.75, 3.05) is 25.0 Å². The van der Waals surface area contributed by atoms with Gasteiger partial charge >= 0.3 is 0 Å². The molecule has 0 radical (unpaired) electrons. The van der Waals surface area contributed by atoms with Crippen molar-refractivity contribution < 1.29 is 22.3 Å². The maximum atomic E-state index is 13.3. The molecule has 8 nitrogen and oxygen atoms in total. The first-order valence-electron chi connectivity index (χ1n) is 10.5. The van der Waals surface area contributed by atoms with E-state index in [4.69, 9.17) is 4.74 Å². The minimum atomic E-state index is -3.60. The number of halogens is 1. The van der Waals surface area contributed by atoms with Gasteiger partial charge in [-0.05, 0) is 62.2 Å². The van der Waals surface area contributed by atoms with Gasteiger partial charge in [0.2, 0.25) is 15.0 Å². The Balaban J connectivity index is 1.37. The van der Waals surface area contributed by atoms with E-state index in [0.717, 1.165) is 0 Å². The van der Waals surface area contributed by atoms with E-state index in [1.807, 2.05) is 6.92 Å². The third kappa shape index (κ3) is 5.37. The summed E-state index contributed by atoms with van der Waals surface area (Å²) in [4.78, 5) is 12.6.